The first-order valence-corrected chi connectivity index (χ1v) is 7.55. The second-order valence-electron chi connectivity index (χ2n) is 6.68. The van der Waals surface area contributed by atoms with Gasteiger partial charge in [0.05, 0.1) is 6.10 Å². The zero-order chi connectivity index (χ0) is 13.6. The summed E-state index contributed by atoms with van der Waals surface area (Å²) in [6, 6.07) is 9.20. The fourth-order valence-electron chi connectivity index (χ4n) is 3.28. The molecule has 2 aliphatic carbocycles. The molecule has 0 saturated heterocycles. The lowest BCUT2D eigenvalue weighted by molar-refractivity contribution is -0.0793. The van der Waals surface area contributed by atoms with Crippen LogP contribution in [0.5, 0.6) is 0 Å². The molecule has 0 radical (unpaired) electrons. The number of nitrogens with one attached hydrogen (secondary N) is 1. The van der Waals surface area contributed by atoms with Crippen LogP contribution >= 0.6 is 11.6 Å². The molecule has 0 bridgehead atoms. The Morgan fingerprint density at radius 2 is 1.89 bits per heavy atom. The first-order valence-electron chi connectivity index (χ1n) is 7.17. The fourth-order valence-corrected chi connectivity index (χ4v) is 3.57. The highest BCUT2D eigenvalue weighted by molar-refractivity contribution is 6.31. The van der Waals surface area contributed by atoms with Crippen molar-refractivity contribution in [3.8, 4) is 0 Å². The van der Waals surface area contributed by atoms with E-state index >= 15 is 0 Å². The van der Waals surface area contributed by atoms with Gasteiger partial charge in [-0.1, -0.05) is 43.6 Å². The summed E-state index contributed by atoms with van der Waals surface area (Å²) < 4.78 is 0. The third kappa shape index (κ3) is 2.31. The summed E-state index contributed by atoms with van der Waals surface area (Å²) in [6.07, 6.45) is 3.06. The topological polar surface area (TPSA) is 32.3 Å². The molecule has 19 heavy (non-hydrogen) atoms. The van der Waals surface area contributed by atoms with E-state index in [1.807, 2.05) is 12.1 Å². The second kappa shape index (κ2) is 4.76. The molecule has 0 spiro atoms. The number of hydrogen-bond donors (Lipinski definition) is 2. The Labute approximate surface area is 120 Å². The minimum Gasteiger partial charge on any atom is -0.392 e. The quantitative estimate of drug-likeness (QED) is 0.889. The predicted molar refractivity (Wildman–Crippen MR) is 78.5 cm³/mol. The average Bonchev–Trinajstić information content (AvgIpc) is 2.33. The molecule has 2 saturated carbocycles. The van der Waals surface area contributed by atoms with Crippen LogP contribution in [0.1, 0.15) is 44.6 Å². The Morgan fingerprint density at radius 3 is 2.47 bits per heavy atom. The van der Waals surface area contributed by atoms with E-state index in [4.69, 9.17) is 11.6 Å². The van der Waals surface area contributed by atoms with Crippen molar-refractivity contribution in [3.05, 3.63) is 34.9 Å². The van der Waals surface area contributed by atoms with Crippen molar-refractivity contribution in [3.63, 3.8) is 0 Å². The Morgan fingerprint density at radius 1 is 1.21 bits per heavy atom. The van der Waals surface area contributed by atoms with Crippen molar-refractivity contribution in [2.75, 3.05) is 0 Å². The Balaban J connectivity index is 1.53. The molecule has 0 aliphatic heterocycles. The average molecular weight is 280 g/mol. The van der Waals surface area contributed by atoms with E-state index in [-0.39, 0.29) is 11.5 Å². The normalized spacial score (nSPS) is 36.4. The van der Waals surface area contributed by atoms with E-state index < -0.39 is 0 Å². The fraction of sp³-hybridized carbons (Fsp3) is 0.625. The Bertz CT molecular complexity index is 468. The molecule has 104 valence electrons. The minimum absolute atomic E-state index is 0.0233. The molecule has 1 aromatic rings. The molecule has 2 aliphatic rings. The zero-order valence-electron chi connectivity index (χ0n) is 11.6. The van der Waals surface area contributed by atoms with Crippen molar-refractivity contribution >= 4 is 11.6 Å². The van der Waals surface area contributed by atoms with Gasteiger partial charge < -0.3 is 10.4 Å². The maximum Gasteiger partial charge on any atom is 0.0621 e. The monoisotopic (exact) mass is 279 g/mol. The highest BCUT2D eigenvalue weighted by Crippen LogP contribution is 2.44. The lowest BCUT2D eigenvalue weighted by Crippen LogP contribution is -2.63. The maximum atomic E-state index is 9.76. The van der Waals surface area contributed by atoms with Crippen LogP contribution < -0.4 is 5.32 Å². The van der Waals surface area contributed by atoms with Gasteiger partial charge in [-0.15, -0.1) is 0 Å². The molecule has 0 aromatic heterocycles. The molecule has 0 amide bonds. The molecule has 0 heterocycles. The third-order valence-electron chi connectivity index (χ3n) is 5.14. The number of hydrogen-bond acceptors (Lipinski definition) is 2. The number of aliphatic hydroxyl groups is 1. The molecular formula is C16H22ClNO. The standard InChI is InChI=1S/C16H22ClNO/c1-16(2)14(9-15(16)19)18-11-7-10(8-11)12-5-3-4-6-13(12)17/h3-6,10-11,14-15,18-19H,7-9H2,1-2H3. The second-order valence-corrected chi connectivity index (χ2v) is 7.09. The summed E-state index contributed by atoms with van der Waals surface area (Å²) in [5.41, 5.74) is 1.31. The van der Waals surface area contributed by atoms with E-state index in [0.717, 1.165) is 24.3 Å². The Hall–Kier alpha value is -0.570. The van der Waals surface area contributed by atoms with Crippen molar-refractivity contribution in [2.45, 2.75) is 57.2 Å². The number of benzene rings is 1. The summed E-state index contributed by atoms with van der Waals surface area (Å²) in [4.78, 5) is 0. The number of halogens is 1. The molecule has 2 atom stereocenters. The first-order chi connectivity index (χ1) is 8.98. The van der Waals surface area contributed by atoms with Crippen LogP contribution in [-0.4, -0.2) is 23.3 Å². The van der Waals surface area contributed by atoms with Crippen LogP contribution in [0.4, 0.5) is 0 Å². The largest absolute Gasteiger partial charge is 0.392 e. The van der Waals surface area contributed by atoms with Gasteiger partial charge in [0.25, 0.3) is 0 Å². The summed E-state index contributed by atoms with van der Waals surface area (Å²) >= 11 is 6.23. The maximum absolute atomic E-state index is 9.76. The van der Waals surface area contributed by atoms with Gasteiger partial charge >= 0.3 is 0 Å². The van der Waals surface area contributed by atoms with E-state index in [1.165, 1.54) is 5.56 Å². The molecule has 2 nitrogen and oxygen atoms in total. The molecule has 3 rings (SSSR count). The summed E-state index contributed by atoms with van der Waals surface area (Å²) in [7, 11) is 0. The van der Waals surface area contributed by atoms with Crippen LogP contribution in [-0.2, 0) is 0 Å². The van der Waals surface area contributed by atoms with Crippen LogP contribution in [0.2, 0.25) is 5.02 Å². The first kappa shape index (κ1) is 13.4. The zero-order valence-corrected chi connectivity index (χ0v) is 12.3. The van der Waals surface area contributed by atoms with Gasteiger partial charge in [-0.05, 0) is 36.8 Å². The van der Waals surface area contributed by atoms with Crippen LogP contribution in [0.25, 0.3) is 0 Å². The van der Waals surface area contributed by atoms with Gasteiger partial charge in [0.1, 0.15) is 0 Å². The molecule has 3 heteroatoms. The molecule has 1 aromatic carbocycles. The van der Waals surface area contributed by atoms with E-state index in [9.17, 15) is 5.11 Å². The summed E-state index contributed by atoms with van der Waals surface area (Å²) in [6.45, 7) is 4.28. The van der Waals surface area contributed by atoms with Gasteiger partial charge in [0.2, 0.25) is 0 Å². The molecular weight excluding hydrogens is 258 g/mol. The van der Waals surface area contributed by atoms with Gasteiger partial charge in [-0.25, -0.2) is 0 Å². The lowest BCUT2D eigenvalue weighted by Gasteiger charge is -2.53. The van der Waals surface area contributed by atoms with E-state index in [2.05, 4.69) is 31.3 Å². The van der Waals surface area contributed by atoms with Gasteiger partial charge in [-0.2, -0.15) is 0 Å². The minimum atomic E-state index is -0.149. The molecule has 2 fully saturated rings. The summed E-state index contributed by atoms with van der Waals surface area (Å²) in [5, 5.41) is 14.3. The number of aliphatic hydroxyl groups excluding tert-OH is 1. The van der Waals surface area contributed by atoms with Crippen molar-refractivity contribution < 1.29 is 5.11 Å². The van der Waals surface area contributed by atoms with E-state index in [1.54, 1.807) is 0 Å². The number of rotatable bonds is 3. The van der Waals surface area contributed by atoms with Crippen LogP contribution in [0, 0.1) is 5.41 Å². The van der Waals surface area contributed by atoms with Crippen LogP contribution in [0.15, 0.2) is 24.3 Å². The van der Waals surface area contributed by atoms with Crippen molar-refractivity contribution in [1.29, 1.82) is 0 Å². The molecule has 2 N–H and O–H groups in total. The van der Waals surface area contributed by atoms with Gasteiger partial charge in [0.15, 0.2) is 0 Å². The van der Waals surface area contributed by atoms with Gasteiger partial charge in [-0.3, -0.25) is 0 Å². The highest BCUT2D eigenvalue weighted by Gasteiger charge is 2.48. The van der Waals surface area contributed by atoms with Crippen molar-refractivity contribution in [2.24, 2.45) is 5.41 Å². The van der Waals surface area contributed by atoms with Gasteiger partial charge in [0, 0.05) is 22.5 Å². The smallest absolute Gasteiger partial charge is 0.0621 e. The van der Waals surface area contributed by atoms with Crippen molar-refractivity contribution in [1.82, 2.24) is 5.32 Å². The predicted octanol–water partition coefficient (Wildman–Crippen LogP) is 3.34. The molecule has 2 unspecified atom stereocenters. The van der Waals surface area contributed by atoms with E-state index in [0.29, 0.717) is 18.0 Å². The lowest BCUT2D eigenvalue weighted by atomic mass is 9.63. The summed E-state index contributed by atoms with van der Waals surface area (Å²) in [5.74, 6) is 0.597. The Kier molecular flexibility index (Phi) is 3.36. The SMILES string of the molecule is CC1(C)C(O)CC1NC1CC(c2ccccc2Cl)C1. The highest BCUT2D eigenvalue weighted by atomic mass is 35.5. The third-order valence-corrected chi connectivity index (χ3v) is 5.48. The van der Waals surface area contributed by atoms with Crippen LogP contribution in [0.3, 0.4) is 0 Å².